The summed E-state index contributed by atoms with van der Waals surface area (Å²) < 4.78 is 4.83. The summed E-state index contributed by atoms with van der Waals surface area (Å²) in [6.07, 6.45) is 3.70. The average molecular weight is 508 g/mol. The number of rotatable bonds is 5. The number of hydrogen-bond donors (Lipinski definition) is 3. The number of nitrogens with two attached hydrogens (primary N) is 1. The summed E-state index contributed by atoms with van der Waals surface area (Å²) in [7, 11) is 1.31. The second kappa shape index (κ2) is 12.1. The van der Waals surface area contributed by atoms with Gasteiger partial charge in [0.25, 0.3) is 11.8 Å². The third-order valence-corrected chi connectivity index (χ3v) is 7.18. The van der Waals surface area contributed by atoms with Crippen molar-refractivity contribution < 1.29 is 19.1 Å². The van der Waals surface area contributed by atoms with Gasteiger partial charge in [0.15, 0.2) is 0 Å². The Morgan fingerprint density at radius 2 is 1.73 bits per heavy atom. The summed E-state index contributed by atoms with van der Waals surface area (Å²) in [5.74, 6) is -0.153. The Bertz CT molecular complexity index is 1130. The molecule has 2 aliphatic rings. The van der Waals surface area contributed by atoms with E-state index in [1.807, 2.05) is 42.2 Å². The third-order valence-electron chi connectivity index (χ3n) is 7.18. The van der Waals surface area contributed by atoms with E-state index in [1.54, 1.807) is 12.1 Å². The molecular formula is C28H37N5O4. The second-order valence-electron chi connectivity index (χ2n) is 9.94. The predicted octanol–water partition coefficient (Wildman–Crippen LogP) is 3.53. The minimum atomic E-state index is -0.605. The van der Waals surface area contributed by atoms with Gasteiger partial charge in [-0.05, 0) is 69.4 Å². The lowest BCUT2D eigenvalue weighted by Crippen LogP contribution is -2.40. The Balaban J connectivity index is 1.48. The molecule has 0 aromatic heterocycles. The smallest absolute Gasteiger partial charge is 0.411 e. The number of nitrogens with zero attached hydrogens (tertiary/aromatic N) is 2. The van der Waals surface area contributed by atoms with Crippen LogP contribution < -0.4 is 21.3 Å². The van der Waals surface area contributed by atoms with Gasteiger partial charge in [-0.25, -0.2) is 4.79 Å². The zero-order valence-corrected chi connectivity index (χ0v) is 21.7. The normalized spacial score (nSPS) is 20.1. The first-order valence-corrected chi connectivity index (χ1v) is 13.0. The molecular weight excluding hydrogens is 470 g/mol. The molecule has 1 aliphatic carbocycles. The molecule has 0 unspecified atom stereocenters. The number of aryl methyl sites for hydroxylation is 1. The summed E-state index contributed by atoms with van der Waals surface area (Å²) in [6.45, 7) is 4.49. The summed E-state index contributed by atoms with van der Waals surface area (Å²) in [5.41, 5.74) is 9.49. The minimum Gasteiger partial charge on any atom is -0.453 e. The topological polar surface area (TPSA) is 117 Å². The van der Waals surface area contributed by atoms with Crippen LogP contribution in [0.2, 0.25) is 0 Å². The van der Waals surface area contributed by atoms with Crippen LogP contribution in [-0.4, -0.2) is 68.2 Å². The standard InChI is InChI=1S/C28H37N5O4/c1-19-5-3-6-21(17-19)27(35)33-14-4-13-32(15-16-33)25-12-7-20(18-24(25)31-28(36)37-2)26(34)30-23-10-8-22(29)9-11-23/h3,5-7,12,17-18,22-23H,4,8-11,13-16,29H2,1-2H3,(H,30,34)(H,31,36). The van der Waals surface area contributed by atoms with Crippen LogP contribution in [0, 0.1) is 6.92 Å². The van der Waals surface area contributed by atoms with Crippen LogP contribution in [0.15, 0.2) is 42.5 Å². The van der Waals surface area contributed by atoms with E-state index in [2.05, 4.69) is 15.5 Å². The van der Waals surface area contributed by atoms with Gasteiger partial charge in [0, 0.05) is 49.4 Å². The van der Waals surface area contributed by atoms with Gasteiger partial charge in [0.05, 0.1) is 18.5 Å². The van der Waals surface area contributed by atoms with Crippen molar-refractivity contribution in [2.75, 3.05) is 43.5 Å². The van der Waals surface area contributed by atoms with E-state index in [9.17, 15) is 14.4 Å². The van der Waals surface area contributed by atoms with Crippen molar-refractivity contribution in [3.63, 3.8) is 0 Å². The molecule has 4 N–H and O–H groups in total. The molecule has 198 valence electrons. The molecule has 0 atom stereocenters. The van der Waals surface area contributed by atoms with Gasteiger partial charge < -0.3 is 25.6 Å². The quantitative estimate of drug-likeness (QED) is 0.570. The molecule has 2 aromatic carbocycles. The lowest BCUT2D eigenvalue weighted by atomic mass is 9.91. The van der Waals surface area contributed by atoms with E-state index in [1.165, 1.54) is 7.11 Å². The maximum absolute atomic E-state index is 13.1. The Labute approximate surface area is 218 Å². The zero-order chi connectivity index (χ0) is 26.4. The maximum atomic E-state index is 13.1. The van der Waals surface area contributed by atoms with Crippen molar-refractivity contribution in [3.05, 3.63) is 59.2 Å². The number of anilines is 2. The number of carbonyl (C=O) groups excluding carboxylic acids is 3. The molecule has 9 heteroatoms. The van der Waals surface area contributed by atoms with Crippen LogP contribution in [0.25, 0.3) is 0 Å². The fourth-order valence-corrected chi connectivity index (χ4v) is 5.07. The fraction of sp³-hybridized carbons (Fsp3) is 0.464. The molecule has 3 amide bonds. The summed E-state index contributed by atoms with van der Waals surface area (Å²) in [4.78, 5) is 42.2. The highest BCUT2D eigenvalue weighted by Gasteiger charge is 2.24. The van der Waals surface area contributed by atoms with Crippen molar-refractivity contribution in [2.24, 2.45) is 5.73 Å². The maximum Gasteiger partial charge on any atom is 0.411 e. The van der Waals surface area contributed by atoms with Gasteiger partial charge in [-0.15, -0.1) is 0 Å². The van der Waals surface area contributed by atoms with Crippen LogP contribution in [0.4, 0.5) is 16.2 Å². The number of carbonyl (C=O) groups is 3. The number of nitrogens with one attached hydrogen (secondary N) is 2. The number of amides is 3. The van der Waals surface area contributed by atoms with E-state index < -0.39 is 6.09 Å². The Morgan fingerprint density at radius 1 is 0.946 bits per heavy atom. The van der Waals surface area contributed by atoms with E-state index in [-0.39, 0.29) is 23.9 Å². The molecule has 1 heterocycles. The predicted molar refractivity (Wildman–Crippen MR) is 144 cm³/mol. The molecule has 9 nitrogen and oxygen atoms in total. The lowest BCUT2D eigenvalue weighted by Gasteiger charge is -2.28. The number of methoxy groups -OCH3 is 1. The fourth-order valence-electron chi connectivity index (χ4n) is 5.07. The van der Waals surface area contributed by atoms with Crippen LogP contribution in [-0.2, 0) is 4.74 Å². The Hall–Kier alpha value is -3.59. The summed E-state index contributed by atoms with van der Waals surface area (Å²) in [5, 5.41) is 5.87. The van der Waals surface area contributed by atoms with Crippen molar-refractivity contribution >= 4 is 29.3 Å². The van der Waals surface area contributed by atoms with Crippen LogP contribution in [0.1, 0.15) is 58.4 Å². The van der Waals surface area contributed by atoms with Crippen molar-refractivity contribution in [1.29, 1.82) is 0 Å². The van der Waals surface area contributed by atoms with Gasteiger partial charge in [0.1, 0.15) is 0 Å². The largest absolute Gasteiger partial charge is 0.453 e. The molecule has 4 rings (SSSR count). The number of benzene rings is 2. The Morgan fingerprint density at radius 3 is 2.46 bits per heavy atom. The van der Waals surface area contributed by atoms with E-state index in [4.69, 9.17) is 10.5 Å². The molecule has 2 aromatic rings. The van der Waals surface area contributed by atoms with Crippen LogP contribution in [0.5, 0.6) is 0 Å². The number of hydrogen-bond acceptors (Lipinski definition) is 6. The van der Waals surface area contributed by atoms with Gasteiger partial charge in [0.2, 0.25) is 0 Å². The van der Waals surface area contributed by atoms with Crippen molar-refractivity contribution in [3.8, 4) is 0 Å². The molecule has 1 saturated heterocycles. The molecule has 1 saturated carbocycles. The van der Waals surface area contributed by atoms with E-state index in [0.29, 0.717) is 43.0 Å². The first-order chi connectivity index (χ1) is 17.8. The van der Waals surface area contributed by atoms with Gasteiger partial charge in [-0.1, -0.05) is 17.7 Å². The van der Waals surface area contributed by atoms with Gasteiger partial charge in [-0.2, -0.15) is 0 Å². The molecule has 0 bridgehead atoms. The van der Waals surface area contributed by atoms with Crippen molar-refractivity contribution in [2.45, 2.75) is 51.1 Å². The molecule has 1 aliphatic heterocycles. The lowest BCUT2D eigenvalue weighted by molar-refractivity contribution is 0.0766. The molecule has 0 radical (unpaired) electrons. The first kappa shape index (κ1) is 26.5. The van der Waals surface area contributed by atoms with Crippen LogP contribution in [0.3, 0.4) is 0 Å². The highest BCUT2D eigenvalue weighted by molar-refractivity contribution is 5.99. The van der Waals surface area contributed by atoms with Gasteiger partial charge >= 0.3 is 6.09 Å². The van der Waals surface area contributed by atoms with Crippen LogP contribution >= 0.6 is 0 Å². The monoisotopic (exact) mass is 507 g/mol. The zero-order valence-electron chi connectivity index (χ0n) is 21.7. The van der Waals surface area contributed by atoms with E-state index >= 15 is 0 Å². The molecule has 37 heavy (non-hydrogen) atoms. The molecule has 2 fully saturated rings. The Kier molecular flexibility index (Phi) is 8.66. The average Bonchev–Trinajstić information content (AvgIpc) is 3.15. The third kappa shape index (κ3) is 6.80. The first-order valence-electron chi connectivity index (χ1n) is 13.0. The summed E-state index contributed by atoms with van der Waals surface area (Å²) >= 11 is 0. The highest BCUT2D eigenvalue weighted by Crippen LogP contribution is 2.29. The molecule has 0 spiro atoms. The van der Waals surface area contributed by atoms with Gasteiger partial charge in [-0.3, -0.25) is 14.9 Å². The van der Waals surface area contributed by atoms with Crippen molar-refractivity contribution in [1.82, 2.24) is 10.2 Å². The second-order valence-corrected chi connectivity index (χ2v) is 9.94. The summed E-state index contributed by atoms with van der Waals surface area (Å²) in [6, 6.07) is 13.3. The minimum absolute atomic E-state index is 0.0224. The highest BCUT2D eigenvalue weighted by atomic mass is 16.5. The number of ether oxygens (including phenoxy) is 1. The van der Waals surface area contributed by atoms with E-state index in [0.717, 1.165) is 43.4 Å². The SMILES string of the molecule is COC(=O)Nc1cc(C(=O)NC2CCC(N)CC2)ccc1N1CCCN(C(=O)c2cccc(C)c2)CC1.